The first-order valence-corrected chi connectivity index (χ1v) is 12.2. The molecule has 2 aliphatic carbocycles. The third kappa shape index (κ3) is 4.43. The maximum absolute atomic E-state index is 15.1. The van der Waals surface area contributed by atoms with E-state index in [1.807, 2.05) is 19.9 Å². The number of nitrogens with zero attached hydrogens (tertiary/aromatic N) is 1. The Morgan fingerprint density at radius 3 is 2.24 bits per heavy atom. The number of rotatable bonds is 3. The van der Waals surface area contributed by atoms with E-state index in [0.29, 0.717) is 5.92 Å². The minimum Gasteiger partial charge on any atom is -0.475 e. The van der Waals surface area contributed by atoms with Gasteiger partial charge >= 0.3 is 0 Å². The summed E-state index contributed by atoms with van der Waals surface area (Å²) < 4.78 is 50.3. The van der Waals surface area contributed by atoms with Crippen LogP contribution in [0.3, 0.4) is 0 Å². The monoisotopic (exact) mass is 455 g/mol. The Hall–Kier alpha value is -2.30. The van der Waals surface area contributed by atoms with E-state index < -0.39 is 23.0 Å². The van der Waals surface area contributed by atoms with Crippen LogP contribution in [-0.4, -0.2) is 18.0 Å². The third-order valence-electron chi connectivity index (χ3n) is 7.87. The SMILES string of the molecule is CC1CCC2CC(c3ccc(-c4cc(F)c(C5=NC(C)(C)CO5)c(F)c4)c(F)c3)CCC2C1. The van der Waals surface area contributed by atoms with E-state index in [1.54, 1.807) is 12.1 Å². The van der Waals surface area contributed by atoms with Gasteiger partial charge in [-0.25, -0.2) is 18.2 Å². The van der Waals surface area contributed by atoms with Crippen molar-refractivity contribution in [3.05, 3.63) is 58.9 Å². The average Bonchev–Trinajstić information content (AvgIpc) is 3.11. The van der Waals surface area contributed by atoms with Gasteiger partial charge in [0.25, 0.3) is 0 Å². The Bertz CT molecular complexity index is 1070. The molecular formula is C28H32F3NO. The van der Waals surface area contributed by atoms with Gasteiger partial charge in [-0.1, -0.05) is 25.5 Å². The Balaban J connectivity index is 1.38. The molecule has 5 rings (SSSR count). The highest BCUT2D eigenvalue weighted by molar-refractivity contribution is 5.96. The number of fused-ring (bicyclic) bond motifs is 1. The van der Waals surface area contributed by atoms with Gasteiger partial charge < -0.3 is 4.74 Å². The zero-order valence-electron chi connectivity index (χ0n) is 19.6. The van der Waals surface area contributed by atoms with Gasteiger partial charge in [0, 0.05) is 5.56 Å². The van der Waals surface area contributed by atoms with Crippen molar-refractivity contribution < 1.29 is 17.9 Å². The smallest absolute Gasteiger partial charge is 0.222 e. The summed E-state index contributed by atoms with van der Waals surface area (Å²) in [6.07, 6.45) is 7.31. The van der Waals surface area contributed by atoms with Crippen molar-refractivity contribution in [2.45, 2.75) is 70.8 Å². The van der Waals surface area contributed by atoms with Crippen LogP contribution in [0, 0.1) is 35.2 Å². The topological polar surface area (TPSA) is 21.6 Å². The fourth-order valence-electron chi connectivity index (χ4n) is 6.09. The molecule has 2 fully saturated rings. The van der Waals surface area contributed by atoms with Crippen LogP contribution in [0.5, 0.6) is 0 Å². The first kappa shape index (κ1) is 22.5. The lowest BCUT2D eigenvalue weighted by Crippen LogP contribution is -2.29. The molecule has 0 N–H and O–H groups in total. The predicted octanol–water partition coefficient (Wildman–Crippen LogP) is 7.65. The highest BCUT2D eigenvalue weighted by Crippen LogP contribution is 2.47. The van der Waals surface area contributed by atoms with Gasteiger partial charge in [-0.3, -0.25) is 0 Å². The van der Waals surface area contributed by atoms with E-state index in [-0.39, 0.29) is 29.2 Å². The summed E-state index contributed by atoms with van der Waals surface area (Å²) in [7, 11) is 0. The van der Waals surface area contributed by atoms with E-state index in [2.05, 4.69) is 11.9 Å². The number of ether oxygens (including phenoxy) is 1. The van der Waals surface area contributed by atoms with Gasteiger partial charge in [0.1, 0.15) is 29.6 Å². The van der Waals surface area contributed by atoms with Crippen molar-refractivity contribution in [2.75, 3.05) is 6.61 Å². The molecule has 2 saturated carbocycles. The summed E-state index contributed by atoms with van der Waals surface area (Å²) in [6, 6.07) is 7.51. The first-order chi connectivity index (χ1) is 15.7. The summed E-state index contributed by atoms with van der Waals surface area (Å²) in [6.45, 7) is 6.29. The van der Waals surface area contributed by atoms with Crippen LogP contribution in [0.25, 0.3) is 11.1 Å². The molecule has 4 unspecified atom stereocenters. The van der Waals surface area contributed by atoms with Gasteiger partial charge in [-0.2, -0.15) is 0 Å². The summed E-state index contributed by atoms with van der Waals surface area (Å²) in [4.78, 5) is 4.27. The molecular weight excluding hydrogens is 423 g/mol. The van der Waals surface area contributed by atoms with Gasteiger partial charge in [-0.05, 0) is 98.9 Å². The lowest BCUT2D eigenvalue weighted by molar-refractivity contribution is 0.124. The van der Waals surface area contributed by atoms with Crippen LogP contribution in [0.2, 0.25) is 0 Å². The third-order valence-corrected chi connectivity index (χ3v) is 7.87. The molecule has 1 heterocycles. The molecule has 5 heteroatoms. The highest BCUT2D eigenvalue weighted by Gasteiger charge is 2.35. The molecule has 0 spiro atoms. The molecule has 4 atom stereocenters. The zero-order valence-corrected chi connectivity index (χ0v) is 19.6. The average molecular weight is 456 g/mol. The molecule has 2 nitrogen and oxygen atoms in total. The van der Waals surface area contributed by atoms with Crippen molar-refractivity contribution in [1.82, 2.24) is 0 Å². The van der Waals surface area contributed by atoms with Crippen molar-refractivity contribution >= 4 is 5.90 Å². The molecule has 0 amide bonds. The fourth-order valence-corrected chi connectivity index (χ4v) is 6.09. The van der Waals surface area contributed by atoms with Crippen LogP contribution in [0.15, 0.2) is 35.3 Å². The molecule has 0 bridgehead atoms. The lowest BCUT2D eigenvalue weighted by atomic mass is 9.64. The minimum absolute atomic E-state index is 0.0370. The zero-order chi connectivity index (χ0) is 23.3. The Labute approximate surface area is 194 Å². The first-order valence-electron chi connectivity index (χ1n) is 12.2. The second-order valence-corrected chi connectivity index (χ2v) is 11.0. The maximum atomic E-state index is 15.1. The van der Waals surface area contributed by atoms with Gasteiger partial charge in [0.05, 0.1) is 5.54 Å². The van der Waals surface area contributed by atoms with Gasteiger partial charge in [-0.15, -0.1) is 0 Å². The van der Waals surface area contributed by atoms with Crippen LogP contribution in [0.4, 0.5) is 13.2 Å². The Morgan fingerprint density at radius 1 is 0.879 bits per heavy atom. The molecule has 3 aliphatic rings. The molecule has 33 heavy (non-hydrogen) atoms. The molecule has 176 valence electrons. The summed E-state index contributed by atoms with van der Waals surface area (Å²) in [5.74, 6) is 0.677. The number of hydrogen-bond acceptors (Lipinski definition) is 2. The summed E-state index contributed by atoms with van der Waals surface area (Å²) >= 11 is 0. The summed E-state index contributed by atoms with van der Waals surface area (Å²) in [5.41, 5.74) is 0.573. The Morgan fingerprint density at radius 2 is 1.58 bits per heavy atom. The largest absolute Gasteiger partial charge is 0.475 e. The molecule has 0 aromatic heterocycles. The molecule has 2 aromatic carbocycles. The predicted molar refractivity (Wildman–Crippen MR) is 125 cm³/mol. The second kappa shape index (κ2) is 8.48. The minimum atomic E-state index is -0.797. The molecule has 0 saturated heterocycles. The Kier molecular flexibility index (Phi) is 5.78. The maximum Gasteiger partial charge on any atom is 0.222 e. The van der Waals surface area contributed by atoms with Gasteiger partial charge in [0.15, 0.2) is 0 Å². The molecule has 1 aliphatic heterocycles. The van der Waals surface area contributed by atoms with E-state index in [4.69, 9.17) is 4.74 Å². The van der Waals surface area contributed by atoms with Crippen LogP contribution in [-0.2, 0) is 4.74 Å². The second-order valence-electron chi connectivity index (χ2n) is 11.0. The van der Waals surface area contributed by atoms with Crippen molar-refractivity contribution in [3.63, 3.8) is 0 Å². The number of benzene rings is 2. The van der Waals surface area contributed by atoms with Gasteiger partial charge in [0.2, 0.25) is 5.90 Å². The highest BCUT2D eigenvalue weighted by atomic mass is 19.1. The number of aliphatic imine (C=N–C) groups is 1. The van der Waals surface area contributed by atoms with E-state index >= 15 is 4.39 Å². The van der Waals surface area contributed by atoms with Crippen molar-refractivity contribution in [3.8, 4) is 11.1 Å². The quantitative estimate of drug-likeness (QED) is 0.466. The fraction of sp³-hybridized carbons (Fsp3) is 0.536. The van der Waals surface area contributed by atoms with Crippen molar-refractivity contribution in [2.24, 2.45) is 22.7 Å². The van der Waals surface area contributed by atoms with Crippen LogP contribution < -0.4 is 0 Å². The number of hydrogen-bond donors (Lipinski definition) is 0. The standard InChI is InChI=1S/C28H32F3NO/c1-16-4-5-18-11-19(7-6-17(18)10-16)20-8-9-22(23(29)12-20)21-13-24(30)26(25(31)14-21)27-32-28(2,3)15-33-27/h8-9,12-14,16-19H,4-7,10-11,15H2,1-3H3. The van der Waals surface area contributed by atoms with E-state index in [9.17, 15) is 8.78 Å². The molecule has 0 radical (unpaired) electrons. The number of halogens is 3. The molecule has 2 aromatic rings. The van der Waals surface area contributed by atoms with Crippen LogP contribution in [0.1, 0.15) is 76.3 Å². The summed E-state index contributed by atoms with van der Waals surface area (Å²) in [5, 5.41) is 0. The van der Waals surface area contributed by atoms with E-state index in [1.165, 1.54) is 37.8 Å². The normalized spacial score (nSPS) is 28.7. The lowest BCUT2D eigenvalue weighted by Gasteiger charge is -2.41. The van der Waals surface area contributed by atoms with Crippen molar-refractivity contribution in [1.29, 1.82) is 0 Å². The van der Waals surface area contributed by atoms with E-state index in [0.717, 1.165) is 36.2 Å². The van der Waals surface area contributed by atoms with Crippen LogP contribution >= 0.6 is 0 Å².